The summed E-state index contributed by atoms with van der Waals surface area (Å²) in [5.41, 5.74) is 0. The van der Waals surface area contributed by atoms with Gasteiger partial charge in [-0.15, -0.1) is 18.0 Å². The molecular formula is C9H12ClNO3. The van der Waals surface area contributed by atoms with Gasteiger partial charge in [0, 0.05) is 0 Å². The molecule has 0 N–H and O–H groups in total. The van der Waals surface area contributed by atoms with Crippen LogP contribution in [-0.4, -0.2) is 42.4 Å². The highest BCUT2D eigenvalue weighted by Crippen LogP contribution is 2.02. The van der Waals surface area contributed by atoms with E-state index >= 15 is 0 Å². The van der Waals surface area contributed by atoms with E-state index in [9.17, 15) is 9.59 Å². The van der Waals surface area contributed by atoms with Crippen molar-refractivity contribution in [3.05, 3.63) is 0 Å². The molecule has 0 rings (SSSR count). The van der Waals surface area contributed by atoms with Crippen molar-refractivity contribution < 1.29 is 14.3 Å². The summed E-state index contributed by atoms with van der Waals surface area (Å²) < 4.78 is 4.49. The lowest BCUT2D eigenvalue weighted by atomic mass is 10.3. The number of terminal acetylenes is 1. The molecule has 4 nitrogen and oxygen atoms in total. The zero-order valence-corrected chi connectivity index (χ0v) is 8.87. The molecule has 0 aliphatic rings. The van der Waals surface area contributed by atoms with Crippen LogP contribution in [0.25, 0.3) is 0 Å². The van der Waals surface area contributed by atoms with Crippen molar-refractivity contribution in [3.8, 4) is 12.3 Å². The Balaban J connectivity index is 4.57. The minimum Gasteiger partial charge on any atom is -0.467 e. The normalized spacial score (nSPS) is 11.3. The van der Waals surface area contributed by atoms with Gasteiger partial charge in [-0.2, -0.15) is 0 Å². The largest absolute Gasteiger partial charge is 0.467 e. The van der Waals surface area contributed by atoms with Crippen LogP contribution in [0.5, 0.6) is 0 Å². The second kappa shape index (κ2) is 6.28. The van der Waals surface area contributed by atoms with Crippen LogP contribution in [0.4, 0.5) is 0 Å². The lowest BCUT2D eigenvalue weighted by Crippen LogP contribution is -2.44. The van der Waals surface area contributed by atoms with Gasteiger partial charge in [0.1, 0.15) is 11.9 Å². The average molecular weight is 218 g/mol. The molecule has 0 saturated carbocycles. The molecule has 78 valence electrons. The highest BCUT2D eigenvalue weighted by molar-refractivity contribution is 6.27. The SMILES string of the molecule is C#CCN(C(=O)CCl)[C@@H](C)C(=O)OC. The molecule has 0 fully saturated rings. The number of rotatable bonds is 4. The maximum atomic E-state index is 11.3. The van der Waals surface area contributed by atoms with Crippen LogP contribution < -0.4 is 0 Å². The number of hydrogen-bond acceptors (Lipinski definition) is 3. The molecule has 5 heteroatoms. The summed E-state index contributed by atoms with van der Waals surface area (Å²) in [7, 11) is 1.25. The molecule has 0 bridgehead atoms. The smallest absolute Gasteiger partial charge is 0.328 e. The lowest BCUT2D eigenvalue weighted by molar-refractivity contribution is -0.150. The first kappa shape index (κ1) is 12.8. The number of carbonyl (C=O) groups is 2. The van der Waals surface area contributed by atoms with E-state index in [2.05, 4.69) is 10.7 Å². The maximum absolute atomic E-state index is 11.3. The predicted molar refractivity (Wildman–Crippen MR) is 52.7 cm³/mol. The van der Waals surface area contributed by atoms with Gasteiger partial charge in [0.2, 0.25) is 5.91 Å². The number of halogens is 1. The third kappa shape index (κ3) is 3.27. The fraction of sp³-hybridized carbons (Fsp3) is 0.556. The van der Waals surface area contributed by atoms with Gasteiger partial charge in [-0.25, -0.2) is 4.79 Å². The number of nitrogens with zero attached hydrogens (tertiary/aromatic N) is 1. The second-order valence-electron chi connectivity index (χ2n) is 2.56. The predicted octanol–water partition coefficient (Wildman–Crippen LogP) is 0.248. The summed E-state index contributed by atoms with van der Waals surface area (Å²) in [5, 5.41) is 0. The number of ether oxygens (including phenoxy) is 1. The highest BCUT2D eigenvalue weighted by atomic mass is 35.5. The van der Waals surface area contributed by atoms with Crippen molar-refractivity contribution in [1.82, 2.24) is 4.90 Å². The van der Waals surface area contributed by atoms with Crippen LogP contribution in [0.1, 0.15) is 6.92 Å². The monoisotopic (exact) mass is 217 g/mol. The molecular weight excluding hydrogens is 206 g/mol. The van der Waals surface area contributed by atoms with E-state index in [1.165, 1.54) is 18.9 Å². The van der Waals surface area contributed by atoms with Crippen molar-refractivity contribution in [2.45, 2.75) is 13.0 Å². The van der Waals surface area contributed by atoms with Gasteiger partial charge in [0.15, 0.2) is 0 Å². The van der Waals surface area contributed by atoms with E-state index in [1.54, 1.807) is 0 Å². The minimum atomic E-state index is -0.706. The Hall–Kier alpha value is -1.21. The van der Waals surface area contributed by atoms with Crippen LogP contribution in [0, 0.1) is 12.3 Å². The second-order valence-corrected chi connectivity index (χ2v) is 2.83. The van der Waals surface area contributed by atoms with Crippen molar-refractivity contribution in [1.29, 1.82) is 0 Å². The zero-order valence-electron chi connectivity index (χ0n) is 8.12. The average Bonchev–Trinajstić information content (AvgIpc) is 2.22. The standard InChI is InChI=1S/C9H12ClNO3/c1-4-5-11(8(12)6-10)7(2)9(13)14-3/h1,7H,5-6H2,2-3H3/t7-/m0/s1. The summed E-state index contributed by atoms with van der Waals surface area (Å²) in [6, 6.07) is -0.706. The Labute approximate surface area is 88.2 Å². The lowest BCUT2D eigenvalue weighted by Gasteiger charge is -2.24. The van der Waals surface area contributed by atoms with Crippen LogP contribution in [-0.2, 0) is 14.3 Å². The first-order valence-corrected chi connectivity index (χ1v) is 4.48. The molecule has 0 radical (unpaired) electrons. The van der Waals surface area contributed by atoms with E-state index in [0.717, 1.165) is 0 Å². The van der Waals surface area contributed by atoms with Gasteiger partial charge >= 0.3 is 5.97 Å². The van der Waals surface area contributed by atoms with Gasteiger partial charge in [-0.3, -0.25) is 4.79 Å². The van der Waals surface area contributed by atoms with Crippen molar-refractivity contribution in [2.24, 2.45) is 0 Å². The summed E-state index contributed by atoms with van der Waals surface area (Å²) in [6.45, 7) is 1.58. The van der Waals surface area contributed by atoms with E-state index < -0.39 is 12.0 Å². The fourth-order valence-corrected chi connectivity index (χ4v) is 1.07. The quantitative estimate of drug-likeness (QED) is 0.385. The summed E-state index contributed by atoms with van der Waals surface area (Å²) in [4.78, 5) is 23.6. The van der Waals surface area contributed by atoms with Crippen LogP contribution in [0.3, 0.4) is 0 Å². The molecule has 1 atom stereocenters. The first-order valence-electron chi connectivity index (χ1n) is 3.95. The van der Waals surface area contributed by atoms with Gasteiger partial charge in [0.05, 0.1) is 13.7 Å². The van der Waals surface area contributed by atoms with Crippen LogP contribution in [0.2, 0.25) is 0 Å². The molecule has 1 amide bonds. The maximum Gasteiger partial charge on any atom is 0.328 e. The number of methoxy groups -OCH3 is 1. The topological polar surface area (TPSA) is 46.6 Å². The molecule has 0 saturated heterocycles. The third-order valence-electron chi connectivity index (χ3n) is 1.71. The Bertz CT molecular complexity index is 259. The zero-order chi connectivity index (χ0) is 11.1. The molecule has 0 aliphatic carbocycles. The number of carbonyl (C=O) groups excluding carboxylic acids is 2. The Morgan fingerprint density at radius 3 is 2.57 bits per heavy atom. The van der Waals surface area contributed by atoms with Crippen molar-refractivity contribution >= 4 is 23.5 Å². The van der Waals surface area contributed by atoms with Crippen LogP contribution >= 0.6 is 11.6 Å². The molecule has 0 aromatic rings. The molecule has 14 heavy (non-hydrogen) atoms. The van der Waals surface area contributed by atoms with E-state index in [-0.39, 0.29) is 18.3 Å². The van der Waals surface area contributed by atoms with Crippen molar-refractivity contribution in [2.75, 3.05) is 19.5 Å². The highest BCUT2D eigenvalue weighted by Gasteiger charge is 2.24. The van der Waals surface area contributed by atoms with Gasteiger partial charge in [0.25, 0.3) is 0 Å². The summed E-state index contributed by atoms with van der Waals surface area (Å²) in [6.07, 6.45) is 5.06. The number of esters is 1. The number of alkyl halides is 1. The molecule has 0 unspecified atom stereocenters. The molecule has 0 aliphatic heterocycles. The Morgan fingerprint density at radius 1 is 1.64 bits per heavy atom. The third-order valence-corrected chi connectivity index (χ3v) is 1.93. The molecule has 0 aromatic carbocycles. The molecule has 0 spiro atoms. The van der Waals surface area contributed by atoms with Gasteiger partial charge in [-0.1, -0.05) is 5.92 Å². The summed E-state index contributed by atoms with van der Waals surface area (Å²) >= 11 is 5.36. The Morgan fingerprint density at radius 2 is 2.21 bits per heavy atom. The fourth-order valence-electron chi connectivity index (χ4n) is 0.914. The van der Waals surface area contributed by atoms with E-state index in [0.29, 0.717) is 0 Å². The number of hydrogen-bond donors (Lipinski definition) is 0. The van der Waals surface area contributed by atoms with Crippen LogP contribution in [0.15, 0.2) is 0 Å². The van der Waals surface area contributed by atoms with Gasteiger partial charge in [-0.05, 0) is 6.92 Å². The van der Waals surface area contributed by atoms with Gasteiger partial charge < -0.3 is 9.64 Å². The molecule has 0 aromatic heterocycles. The number of amides is 1. The molecule has 0 heterocycles. The van der Waals surface area contributed by atoms with E-state index in [4.69, 9.17) is 18.0 Å². The van der Waals surface area contributed by atoms with E-state index in [1.807, 2.05) is 0 Å². The summed E-state index contributed by atoms with van der Waals surface area (Å²) in [5.74, 6) is 1.17. The minimum absolute atomic E-state index is 0.0435. The first-order chi connectivity index (χ1) is 6.58. The van der Waals surface area contributed by atoms with Crippen molar-refractivity contribution in [3.63, 3.8) is 0 Å². The Kier molecular flexibility index (Phi) is 5.73.